The van der Waals surface area contributed by atoms with Crippen molar-refractivity contribution in [3.05, 3.63) is 75.8 Å². The summed E-state index contributed by atoms with van der Waals surface area (Å²) in [6.45, 7) is 1.66. The summed E-state index contributed by atoms with van der Waals surface area (Å²) in [5.74, 6) is -1.17. The van der Waals surface area contributed by atoms with Crippen LogP contribution in [0.25, 0.3) is 10.9 Å². The lowest BCUT2D eigenvalue weighted by Gasteiger charge is -2.16. The van der Waals surface area contributed by atoms with Gasteiger partial charge in [0, 0.05) is 0 Å². The Bertz CT molecular complexity index is 1040. The second kappa shape index (κ2) is 7.22. The molecule has 1 N–H and O–H groups in total. The van der Waals surface area contributed by atoms with Crippen molar-refractivity contribution in [2.24, 2.45) is 0 Å². The Morgan fingerprint density at radius 1 is 1.11 bits per heavy atom. The Balaban J connectivity index is 2.04. The first-order valence-electron chi connectivity index (χ1n) is 8.16. The van der Waals surface area contributed by atoms with Crippen molar-refractivity contribution < 1.29 is 18.0 Å². The standard InChI is InChI=1S/C19H16F3N3O2/c1-12-6-5-9-14-17(12)23-15(11-19(20,21)22)25(18(14)27)24-16(26)10-13-7-3-2-4-8-13/h2-9H,10-11H2,1H3,(H,24,26). The van der Waals surface area contributed by atoms with E-state index in [0.29, 0.717) is 15.8 Å². The lowest BCUT2D eigenvalue weighted by atomic mass is 10.1. The van der Waals surface area contributed by atoms with Crippen molar-refractivity contribution in [1.82, 2.24) is 9.66 Å². The largest absolute Gasteiger partial charge is 0.396 e. The molecular weight excluding hydrogens is 359 g/mol. The number of nitrogens with one attached hydrogen (secondary N) is 1. The van der Waals surface area contributed by atoms with Gasteiger partial charge in [-0.05, 0) is 24.1 Å². The monoisotopic (exact) mass is 375 g/mol. The van der Waals surface area contributed by atoms with Crippen LogP contribution in [-0.4, -0.2) is 21.7 Å². The smallest absolute Gasteiger partial charge is 0.273 e. The average Bonchev–Trinajstić information content (AvgIpc) is 2.59. The van der Waals surface area contributed by atoms with E-state index in [1.807, 2.05) is 0 Å². The van der Waals surface area contributed by atoms with Crippen LogP contribution in [-0.2, 0) is 17.6 Å². The zero-order valence-electron chi connectivity index (χ0n) is 14.4. The minimum atomic E-state index is -4.58. The van der Waals surface area contributed by atoms with Crippen molar-refractivity contribution in [3.63, 3.8) is 0 Å². The SMILES string of the molecule is Cc1cccc2c(=O)n(NC(=O)Cc3ccccc3)c(CC(F)(F)F)nc12. The number of carbonyl (C=O) groups excluding carboxylic acids is 1. The van der Waals surface area contributed by atoms with Crippen LogP contribution in [0.1, 0.15) is 17.0 Å². The molecule has 140 valence electrons. The van der Waals surface area contributed by atoms with E-state index in [0.717, 1.165) is 0 Å². The molecule has 2 aromatic carbocycles. The van der Waals surface area contributed by atoms with Gasteiger partial charge in [0.1, 0.15) is 12.2 Å². The lowest BCUT2D eigenvalue weighted by Crippen LogP contribution is -2.38. The number of aryl methyl sites for hydroxylation is 1. The maximum absolute atomic E-state index is 13.0. The summed E-state index contributed by atoms with van der Waals surface area (Å²) in [5.41, 5.74) is 2.96. The number of para-hydroxylation sites is 1. The highest BCUT2D eigenvalue weighted by Gasteiger charge is 2.31. The van der Waals surface area contributed by atoms with Crippen LogP contribution < -0.4 is 11.0 Å². The number of rotatable bonds is 4. The lowest BCUT2D eigenvalue weighted by molar-refractivity contribution is -0.129. The number of halogens is 3. The number of fused-ring (bicyclic) bond motifs is 1. The summed E-state index contributed by atoms with van der Waals surface area (Å²) in [6, 6.07) is 13.4. The molecule has 0 aliphatic carbocycles. The van der Waals surface area contributed by atoms with Gasteiger partial charge in [-0.25, -0.2) is 9.66 Å². The van der Waals surface area contributed by atoms with Gasteiger partial charge >= 0.3 is 6.18 Å². The molecule has 3 rings (SSSR count). The first-order chi connectivity index (χ1) is 12.7. The van der Waals surface area contributed by atoms with E-state index in [1.165, 1.54) is 6.07 Å². The fourth-order valence-electron chi connectivity index (χ4n) is 2.76. The van der Waals surface area contributed by atoms with Gasteiger partial charge in [-0.3, -0.25) is 15.0 Å². The van der Waals surface area contributed by atoms with E-state index in [9.17, 15) is 22.8 Å². The van der Waals surface area contributed by atoms with Crippen LogP contribution in [0.2, 0.25) is 0 Å². The van der Waals surface area contributed by atoms with Gasteiger partial charge in [0.2, 0.25) is 5.91 Å². The van der Waals surface area contributed by atoms with E-state index in [1.54, 1.807) is 49.4 Å². The van der Waals surface area contributed by atoms with Gasteiger partial charge in [-0.1, -0.05) is 42.5 Å². The number of hydrogen-bond acceptors (Lipinski definition) is 3. The van der Waals surface area contributed by atoms with Crippen LogP contribution in [0.3, 0.4) is 0 Å². The predicted octanol–water partition coefficient (Wildman–Crippen LogP) is 3.12. The van der Waals surface area contributed by atoms with Gasteiger partial charge in [-0.15, -0.1) is 0 Å². The molecule has 0 bridgehead atoms. The third-order valence-corrected chi connectivity index (χ3v) is 3.97. The fourth-order valence-corrected chi connectivity index (χ4v) is 2.76. The zero-order valence-corrected chi connectivity index (χ0v) is 14.4. The van der Waals surface area contributed by atoms with Crippen molar-refractivity contribution in [1.29, 1.82) is 0 Å². The first kappa shape index (κ1) is 18.6. The van der Waals surface area contributed by atoms with E-state index in [-0.39, 0.29) is 17.3 Å². The third kappa shape index (κ3) is 4.33. The highest BCUT2D eigenvalue weighted by atomic mass is 19.4. The highest BCUT2D eigenvalue weighted by Crippen LogP contribution is 2.21. The van der Waals surface area contributed by atoms with Gasteiger partial charge < -0.3 is 0 Å². The Labute approximate surface area is 152 Å². The summed E-state index contributed by atoms with van der Waals surface area (Å²) in [7, 11) is 0. The number of aromatic nitrogens is 2. The number of benzene rings is 2. The number of nitrogens with zero attached hydrogens (tertiary/aromatic N) is 2. The molecule has 0 atom stereocenters. The molecule has 0 saturated heterocycles. The van der Waals surface area contributed by atoms with E-state index in [4.69, 9.17) is 0 Å². The Kier molecular flexibility index (Phi) is 4.98. The van der Waals surface area contributed by atoms with Crippen molar-refractivity contribution in [2.45, 2.75) is 25.9 Å². The Morgan fingerprint density at radius 2 is 1.81 bits per heavy atom. The van der Waals surface area contributed by atoms with Gasteiger partial charge in [0.05, 0.1) is 17.3 Å². The third-order valence-electron chi connectivity index (χ3n) is 3.97. The quantitative estimate of drug-likeness (QED) is 0.762. The molecule has 0 aliphatic rings. The van der Waals surface area contributed by atoms with Crippen LogP contribution in [0.4, 0.5) is 13.2 Å². The molecular formula is C19H16F3N3O2. The molecule has 5 nitrogen and oxygen atoms in total. The summed E-state index contributed by atoms with van der Waals surface area (Å²) < 4.78 is 39.5. The fraction of sp³-hybridized carbons (Fsp3) is 0.211. The number of hydrogen-bond donors (Lipinski definition) is 1. The van der Waals surface area contributed by atoms with Crippen LogP contribution in [0.5, 0.6) is 0 Å². The Morgan fingerprint density at radius 3 is 2.48 bits per heavy atom. The second-order valence-corrected chi connectivity index (χ2v) is 6.13. The summed E-state index contributed by atoms with van der Waals surface area (Å²) in [5, 5.41) is 0.140. The van der Waals surface area contributed by atoms with Crippen LogP contribution in [0.15, 0.2) is 53.3 Å². The Hall–Kier alpha value is -3.16. The number of carbonyl (C=O) groups is 1. The average molecular weight is 375 g/mol. The van der Waals surface area contributed by atoms with Crippen LogP contribution >= 0.6 is 0 Å². The van der Waals surface area contributed by atoms with Gasteiger partial charge in [-0.2, -0.15) is 13.2 Å². The molecule has 0 fully saturated rings. The molecule has 3 aromatic rings. The summed E-state index contributed by atoms with van der Waals surface area (Å²) in [4.78, 5) is 29.0. The second-order valence-electron chi connectivity index (χ2n) is 6.13. The molecule has 27 heavy (non-hydrogen) atoms. The van der Waals surface area contributed by atoms with Crippen molar-refractivity contribution >= 4 is 16.8 Å². The van der Waals surface area contributed by atoms with E-state index < -0.39 is 29.9 Å². The summed E-state index contributed by atoms with van der Waals surface area (Å²) in [6.07, 6.45) is -6.09. The van der Waals surface area contributed by atoms with Crippen molar-refractivity contribution in [3.8, 4) is 0 Å². The molecule has 1 aromatic heterocycles. The molecule has 0 radical (unpaired) electrons. The maximum Gasteiger partial charge on any atom is 0.396 e. The maximum atomic E-state index is 13.0. The minimum absolute atomic E-state index is 0.0788. The molecule has 1 amide bonds. The molecule has 8 heteroatoms. The van der Waals surface area contributed by atoms with Crippen molar-refractivity contribution in [2.75, 3.05) is 5.43 Å². The van der Waals surface area contributed by atoms with E-state index >= 15 is 0 Å². The normalized spacial score (nSPS) is 11.6. The van der Waals surface area contributed by atoms with Crippen LogP contribution in [0, 0.1) is 6.92 Å². The predicted molar refractivity (Wildman–Crippen MR) is 95.0 cm³/mol. The molecule has 0 aliphatic heterocycles. The molecule has 0 saturated carbocycles. The van der Waals surface area contributed by atoms with Gasteiger partial charge in [0.25, 0.3) is 5.56 Å². The molecule has 0 unspecified atom stereocenters. The number of alkyl halides is 3. The number of amides is 1. The molecule has 0 spiro atoms. The topological polar surface area (TPSA) is 64.0 Å². The van der Waals surface area contributed by atoms with E-state index in [2.05, 4.69) is 10.4 Å². The first-order valence-corrected chi connectivity index (χ1v) is 8.16. The van der Waals surface area contributed by atoms with Gasteiger partial charge in [0.15, 0.2) is 0 Å². The molecule has 1 heterocycles. The summed E-state index contributed by atoms with van der Waals surface area (Å²) >= 11 is 0. The highest BCUT2D eigenvalue weighted by molar-refractivity contribution is 5.86. The minimum Gasteiger partial charge on any atom is -0.273 e. The zero-order chi connectivity index (χ0) is 19.6.